The number of pyridine rings is 1. The standard InChI is InChI=1S/C22H16BrN5O4/c1-31-18-5-3-2-4-16(18)27-19(29)11-32-17-7-6-12(23)8-13(17)20-14(9-24)21(26)28-22(30)15(20)10-25/h2-8H,11H2,1H3,(H,27,29)(H3,26,28,30). The molecule has 0 saturated carbocycles. The topological polar surface area (TPSA) is 154 Å². The average molecular weight is 494 g/mol. The van der Waals surface area contributed by atoms with Crippen molar-refractivity contribution in [2.45, 2.75) is 0 Å². The molecular weight excluding hydrogens is 478 g/mol. The number of carbonyl (C=O) groups is 1. The van der Waals surface area contributed by atoms with Gasteiger partial charge in [-0.2, -0.15) is 10.5 Å². The molecule has 0 spiro atoms. The van der Waals surface area contributed by atoms with Gasteiger partial charge in [-0.1, -0.05) is 28.1 Å². The number of nitrogens with two attached hydrogens (primary N) is 1. The third kappa shape index (κ3) is 4.56. The first kappa shape index (κ1) is 22.4. The number of amides is 1. The van der Waals surface area contributed by atoms with Crippen molar-refractivity contribution < 1.29 is 14.3 Å². The molecule has 2 aromatic carbocycles. The minimum Gasteiger partial charge on any atom is -0.495 e. The van der Waals surface area contributed by atoms with Gasteiger partial charge in [-0.05, 0) is 30.3 Å². The zero-order valence-corrected chi connectivity index (χ0v) is 18.3. The van der Waals surface area contributed by atoms with Crippen molar-refractivity contribution in [3.63, 3.8) is 0 Å². The number of methoxy groups -OCH3 is 1. The molecule has 0 bridgehead atoms. The van der Waals surface area contributed by atoms with Crippen LogP contribution in [0.1, 0.15) is 11.1 Å². The number of aromatic nitrogens is 1. The van der Waals surface area contributed by atoms with Crippen molar-refractivity contribution in [1.82, 2.24) is 4.98 Å². The van der Waals surface area contributed by atoms with E-state index in [0.29, 0.717) is 15.9 Å². The van der Waals surface area contributed by atoms with Crippen molar-refractivity contribution in [1.29, 1.82) is 10.5 Å². The van der Waals surface area contributed by atoms with E-state index in [2.05, 4.69) is 26.2 Å². The maximum Gasteiger partial charge on any atom is 0.268 e. The van der Waals surface area contributed by atoms with Crippen molar-refractivity contribution in [2.24, 2.45) is 0 Å². The molecule has 0 unspecified atom stereocenters. The number of para-hydroxylation sites is 2. The van der Waals surface area contributed by atoms with Gasteiger partial charge in [-0.3, -0.25) is 9.59 Å². The smallest absolute Gasteiger partial charge is 0.268 e. The summed E-state index contributed by atoms with van der Waals surface area (Å²) in [5.74, 6) is 0.0315. The van der Waals surface area contributed by atoms with Crippen LogP contribution in [0.15, 0.2) is 51.7 Å². The molecule has 0 aliphatic heterocycles. The Morgan fingerprint density at radius 3 is 2.56 bits per heavy atom. The fourth-order valence-corrected chi connectivity index (χ4v) is 3.37. The normalized spacial score (nSPS) is 10.0. The number of anilines is 2. The largest absolute Gasteiger partial charge is 0.495 e. The van der Waals surface area contributed by atoms with Crippen LogP contribution in [0.25, 0.3) is 11.1 Å². The number of hydrogen-bond donors (Lipinski definition) is 3. The number of ether oxygens (including phenoxy) is 2. The molecule has 1 amide bonds. The minimum atomic E-state index is -0.737. The van der Waals surface area contributed by atoms with Crippen LogP contribution in [-0.4, -0.2) is 24.6 Å². The van der Waals surface area contributed by atoms with Gasteiger partial charge in [0, 0.05) is 15.6 Å². The fourth-order valence-electron chi connectivity index (χ4n) is 3.01. The van der Waals surface area contributed by atoms with Gasteiger partial charge in [0.2, 0.25) is 0 Å². The third-order valence-corrected chi connectivity index (χ3v) is 4.91. The second-order valence-corrected chi connectivity index (χ2v) is 7.31. The minimum absolute atomic E-state index is 0.0256. The molecule has 3 aromatic rings. The van der Waals surface area contributed by atoms with Gasteiger partial charge < -0.3 is 25.5 Å². The van der Waals surface area contributed by atoms with Gasteiger partial charge in [0.1, 0.15) is 40.6 Å². The highest BCUT2D eigenvalue weighted by atomic mass is 79.9. The first-order valence-corrected chi connectivity index (χ1v) is 9.90. The Kier molecular flexibility index (Phi) is 6.78. The van der Waals surface area contributed by atoms with E-state index in [4.69, 9.17) is 15.2 Å². The monoisotopic (exact) mass is 493 g/mol. The number of aromatic amines is 1. The molecule has 1 heterocycles. The molecule has 0 atom stereocenters. The number of nitrogens with one attached hydrogen (secondary N) is 2. The Labute approximate surface area is 191 Å². The molecule has 0 fully saturated rings. The van der Waals surface area contributed by atoms with E-state index in [9.17, 15) is 20.1 Å². The number of nitrogens with zero attached hydrogens (tertiary/aromatic N) is 2. The highest BCUT2D eigenvalue weighted by Gasteiger charge is 2.22. The quantitative estimate of drug-likeness (QED) is 0.476. The average Bonchev–Trinajstić information content (AvgIpc) is 2.78. The van der Waals surface area contributed by atoms with Crippen LogP contribution in [0.5, 0.6) is 11.5 Å². The Morgan fingerprint density at radius 2 is 1.88 bits per heavy atom. The van der Waals surface area contributed by atoms with E-state index in [-0.39, 0.29) is 40.4 Å². The predicted molar refractivity (Wildman–Crippen MR) is 121 cm³/mol. The summed E-state index contributed by atoms with van der Waals surface area (Å²) in [6.07, 6.45) is 0. The summed E-state index contributed by atoms with van der Waals surface area (Å²) in [4.78, 5) is 27.0. The molecule has 1 aromatic heterocycles. The zero-order chi connectivity index (χ0) is 23.3. The molecule has 32 heavy (non-hydrogen) atoms. The van der Waals surface area contributed by atoms with Gasteiger partial charge in [0.25, 0.3) is 11.5 Å². The summed E-state index contributed by atoms with van der Waals surface area (Å²) >= 11 is 3.33. The summed E-state index contributed by atoms with van der Waals surface area (Å²) < 4.78 is 11.5. The van der Waals surface area contributed by atoms with Crippen molar-refractivity contribution in [2.75, 3.05) is 24.8 Å². The predicted octanol–water partition coefficient (Wildman–Crippen LogP) is 3.16. The van der Waals surface area contributed by atoms with E-state index in [1.54, 1.807) is 48.5 Å². The van der Waals surface area contributed by atoms with E-state index < -0.39 is 11.5 Å². The van der Waals surface area contributed by atoms with Crippen LogP contribution in [-0.2, 0) is 4.79 Å². The number of carbonyl (C=O) groups excluding carboxylic acids is 1. The first-order chi connectivity index (χ1) is 15.4. The molecule has 0 aliphatic carbocycles. The first-order valence-electron chi connectivity index (χ1n) is 9.11. The lowest BCUT2D eigenvalue weighted by Gasteiger charge is -2.15. The van der Waals surface area contributed by atoms with Crippen LogP contribution < -0.4 is 26.1 Å². The highest BCUT2D eigenvalue weighted by molar-refractivity contribution is 9.10. The lowest BCUT2D eigenvalue weighted by atomic mass is 9.96. The number of rotatable bonds is 6. The zero-order valence-electron chi connectivity index (χ0n) is 16.7. The summed E-state index contributed by atoms with van der Waals surface area (Å²) in [6, 6.07) is 15.4. The molecule has 10 heteroatoms. The Hall–Kier alpha value is -4.28. The molecule has 3 rings (SSSR count). The molecule has 4 N–H and O–H groups in total. The Morgan fingerprint density at radius 1 is 1.16 bits per heavy atom. The molecule has 0 radical (unpaired) electrons. The van der Waals surface area contributed by atoms with Crippen LogP contribution in [0.2, 0.25) is 0 Å². The van der Waals surface area contributed by atoms with Gasteiger partial charge in [0.05, 0.1) is 12.8 Å². The lowest BCUT2D eigenvalue weighted by Crippen LogP contribution is -2.21. The number of H-pyrrole nitrogens is 1. The van der Waals surface area contributed by atoms with E-state index in [1.807, 2.05) is 6.07 Å². The number of nitrogen functional groups attached to an aromatic ring is 1. The van der Waals surface area contributed by atoms with E-state index in [1.165, 1.54) is 7.11 Å². The number of halogens is 1. The van der Waals surface area contributed by atoms with Gasteiger partial charge in [0.15, 0.2) is 6.61 Å². The van der Waals surface area contributed by atoms with Crippen LogP contribution in [0.3, 0.4) is 0 Å². The second-order valence-electron chi connectivity index (χ2n) is 6.39. The summed E-state index contributed by atoms with van der Waals surface area (Å²) in [6.45, 7) is -0.380. The summed E-state index contributed by atoms with van der Waals surface area (Å²) in [5.41, 5.74) is 5.45. The maximum atomic E-state index is 12.4. The summed E-state index contributed by atoms with van der Waals surface area (Å²) in [7, 11) is 1.49. The number of benzene rings is 2. The van der Waals surface area contributed by atoms with Gasteiger partial charge in [-0.25, -0.2) is 0 Å². The van der Waals surface area contributed by atoms with Crippen molar-refractivity contribution in [3.8, 4) is 34.8 Å². The van der Waals surface area contributed by atoms with Gasteiger partial charge in [-0.15, -0.1) is 0 Å². The lowest BCUT2D eigenvalue weighted by molar-refractivity contribution is -0.118. The Balaban J connectivity index is 1.98. The van der Waals surface area contributed by atoms with E-state index in [0.717, 1.165) is 0 Å². The Bertz CT molecular complexity index is 1340. The van der Waals surface area contributed by atoms with Crippen LogP contribution in [0.4, 0.5) is 11.5 Å². The molecular formula is C22H16BrN5O4. The number of hydrogen-bond acceptors (Lipinski definition) is 7. The van der Waals surface area contributed by atoms with Gasteiger partial charge >= 0.3 is 0 Å². The van der Waals surface area contributed by atoms with Crippen LogP contribution >= 0.6 is 15.9 Å². The molecule has 0 saturated heterocycles. The van der Waals surface area contributed by atoms with Crippen LogP contribution in [0, 0.1) is 22.7 Å². The number of nitriles is 2. The second kappa shape index (κ2) is 9.69. The summed E-state index contributed by atoms with van der Waals surface area (Å²) in [5, 5.41) is 21.8. The van der Waals surface area contributed by atoms with Crippen molar-refractivity contribution >= 4 is 33.3 Å². The fraction of sp³-hybridized carbons (Fsp3) is 0.0909. The van der Waals surface area contributed by atoms with Crippen molar-refractivity contribution in [3.05, 3.63) is 68.4 Å². The molecule has 160 valence electrons. The van der Waals surface area contributed by atoms with E-state index >= 15 is 0 Å². The SMILES string of the molecule is COc1ccccc1NC(=O)COc1ccc(Br)cc1-c1c(C#N)c(N)[nH]c(=O)c1C#N. The highest BCUT2D eigenvalue weighted by Crippen LogP contribution is 2.37. The molecule has 9 nitrogen and oxygen atoms in total. The molecule has 0 aliphatic rings. The third-order valence-electron chi connectivity index (χ3n) is 4.42. The maximum absolute atomic E-state index is 12.4.